The van der Waals surface area contributed by atoms with Crippen molar-refractivity contribution in [3.05, 3.63) is 35.4 Å². The fourth-order valence-corrected chi connectivity index (χ4v) is 3.49. The maximum atomic E-state index is 12.5. The van der Waals surface area contributed by atoms with Crippen molar-refractivity contribution in [3.8, 4) is 0 Å². The normalized spacial score (nSPS) is 21.2. The maximum Gasteiger partial charge on any atom is 0.251 e. The molecule has 0 aromatic heterocycles. The van der Waals surface area contributed by atoms with E-state index < -0.39 is 0 Å². The van der Waals surface area contributed by atoms with Gasteiger partial charge in [0.1, 0.15) is 6.10 Å². The van der Waals surface area contributed by atoms with Crippen LogP contribution in [0.1, 0.15) is 30.9 Å². The zero-order valence-corrected chi connectivity index (χ0v) is 15.9. The number of guanidine groups is 1. The monoisotopic (exact) mass is 358 g/mol. The zero-order chi connectivity index (χ0) is 18.4. The van der Waals surface area contributed by atoms with Crippen molar-refractivity contribution < 1.29 is 9.53 Å². The second-order valence-corrected chi connectivity index (χ2v) is 6.91. The second kappa shape index (κ2) is 9.03. The Morgan fingerprint density at radius 2 is 1.96 bits per heavy atom. The summed E-state index contributed by atoms with van der Waals surface area (Å²) in [6, 6.07) is 8.35. The van der Waals surface area contributed by atoms with E-state index in [1.165, 1.54) is 11.1 Å². The Balaban J connectivity index is 1.58. The Morgan fingerprint density at radius 1 is 1.23 bits per heavy atom. The van der Waals surface area contributed by atoms with Gasteiger partial charge in [-0.15, -0.1) is 0 Å². The summed E-state index contributed by atoms with van der Waals surface area (Å²) in [5.74, 6) is 1.09. The molecule has 0 spiro atoms. The molecule has 0 saturated carbocycles. The maximum absolute atomic E-state index is 12.5. The summed E-state index contributed by atoms with van der Waals surface area (Å²) in [6.07, 6.45) is 1.64. The van der Waals surface area contributed by atoms with Crippen LogP contribution in [0.5, 0.6) is 0 Å². The molecule has 2 aliphatic rings. The number of hydrogen-bond donors (Lipinski definition) is 1. The van der Waals surface area contributed by atoms with E-state index in [0.29, 0.717) is 13.2 Å². The van der Waals surface area contributed by atoms with Crippen molar-refractivity contribution in [1.29, 1.82) is 0 Å². The zero-order valence-electron chi connectivity index (χ0n) is 15.9. The minimum absolute atomic E-state index is 0.156. The van der Waals surface area contributed by atoms with Gasteiger partial charge < -0.3 is 19.9 Å². The number of piperazine rings is 1. The van der Waals surface area contributed by atoms with Crippen molar-refractivity contribution in [2.24, 2.45) is 4.99 Å². The van der Waals surface area contributed by atoms with E-state index in [2.05, 4.69) is 48.3 Å². The van der Waals surface area contributed by atoms with E-state index in [9.17, 15) is 4.79 Å². The smallest absolute Gasteiger partial charge is 0.251 e. The predicted molar refractivity (Wildman–Crippen MR) is 103 cm³/mol. The molecule has 2 fully saturated rings. The molecule has 3 rings (SSSR count). The van der Waals surface area contributed by atoms with E-state index in [0.717, 1.165) is 51.5 Å². The summed E-state index contributed by atoms with van der Waals surface area (Å²) in [4.78, 5) is 21.5. The Kier molecular flexibility index (Phi) is 6.50. The number of carbonyl (C=O) groups is 1. The molecule has 26 heavy (non-hydrogen) atoms. The molecule has 2 saturated heterocycles. The van der Waals surface area contributed by atoms with Crippen molar-refractivity contribution in [3.63, 3.8) is 0 Å². The van der Waals surface area contributed by atoms with Crippen molar-refractivity contribution >= 4 is 11.9 Å². The number of ether oxygens (including phenoxy) is 1. The number of nitrogens with one attached hydrogen (secondary N) is 1. The lowest BCUT2D eigenvalue weighted by Crippen LogP contribution is -2.55. The largest absolute Gasteiger partial charge is 0.368 e. The Bertz CT molecular complexity index is 632. The van der Waals surface area contributed by atoms with E-state index in [1.807, 2.05) is 4.90 Å². The number of hydrogen-bond acceptors (Lipinski definition) is 3. The average molecular weight is 358 g/mol. The van der Waals surface area contributed by atoms with E-state index in [4.69, 9.17) is 9.73 Å². The molecule has 2 aliphatic heterocycles. The van der Waals surface area contributed by atoms with Gasteiger partial charge in [0, 0.05) is 39.3 Å². The van der Waals surface area contributed by atoms with Gasteiger partial charge in [0.05, 0.1) is 6.54 Å². The highest BCUT2D eigenvalue weighted by atomic mass is 16.5. The molecule has 0 aliphatic carbocycles. The molecule has 1 N–H and O–H groups in total. The van der Waals surface area contributed by atoms with Crippen LogP contribution in [-0.4, -0.2) is 67.1 Å². The molecular formula is C20H30N4O2. The standard InChI is InChI=1S/C20H30N4O2/c1-3-21-20(22-15-17-8-5-4-7-16(17)2)24-12-10-23(11-13-24)19(25)18-9-6-14-26-18/h4-5,7-8,18H,3,6,9-15H2,1-2H3,(H,21,22). The highest BCUT2D eigenvalue weighted by Crippen LogP contribution is 2.16. The van der Waals surface area contributed by atoms with Crippen LogP contribution in [0.4, 0.5) is 0 Å². The lowest BCUT2D eigenvalue weighted by molar-refractivity contribution is -0.142. The van der Waals surface area contributed by atoms with Crippen LogP contribution in [0.15, 0.2) is 29.3 Å². The molecule has 2 heterocycles. The Hall–Kier alpha value is -2.08. The SMILES string of the molecule is CCNC(=NCc1ccccc1C)N1CCN(C(=O)C2CCCO2)CC1. The fourth-order valence-electron chi connectivity index (χ4n) is 3.49. The number of aryl methyl sites for hydroxylation is 1. The summed E-state index contributed by atoms with van der Waals surface area (Å²) in [5.41, 5.74) is 2.51. The molecule has 0 bridgehead atoms. The first-order valence-electron chi connectivity index (χ1n) is 9.67. The summed E-state index contributed by atoms with van der Waals surface area (Å²) in [6.45, 7) is 9.49. The highest BCUT2D eigenvalue weighted by Gasteiger charge is 2.30. The van der Waals surface area contributed by atoms with Crippen LogP contribution in [0, 0.1) is 6.92 Å². The molecule has 142 valence electrons. The van der Waals surface area contributed by atoms with Gasteiger partial charge >= 0.3 is 0 Å². The number of aliphatic imine (C=N–C) groups is 1. The molecule has 6 nitrogen and oxygen atoms in total. The highest BCUT2D eigenvalue weighted by molar-refractivity contribution is 5.82. The lowest BCUT2D eigenvalue weighted by atomic mass is 10.1. The minimum Gasteiger partial charge on any atom is -0.368 e. The third-order valence-corrected chi connectivity index (χ3v) is 5.09. The molecular weight excluding hydrogens is 328 g/mol. The molecule has 1 unspecified atom stereocenters. The number of rotatable bonds is 4. The van der Waals surface area contributed by atoms with Gasteiger partial charge in [0.15, 0.2) is 5.96 Å². The van der Waals surface area contributed by atoms with Gasteiger partial charge in [-0.1, -0.05) is 24.3 Å². The summed E-state index contributed by atoms with van der Waals surface area (Å²) >= 11 is 0. The molecule has 1 amide bonds. The average Bonchev–Trinajstić information content (AvgIpc) is 3.21. The van der Waals surface area contributed by atoms with Crippen LogP contribution in [-0.2, 0) is 16.1 Å². The molecule has 1 atom stereocenters. The van der Waals surface area contributed by atoms with Gasteiger partial charge in [-0.25, -0.2) is 4.99 Å². The van der Waals surface area contributed by atoms with E-state index >= 15 is 0 Å². The van der Waals surface area contributed by atoms with Gasteiger partial charge in [0.2, 0.25) is 0 Å². The van der Waals surface area contributed by atoms with Gasteiger partial charge in [-0.05, 0) is 37.8 Å². The number of nitrogens with zero attached hydrogens (tertiary/aromatic N) is 3. The van der Waals surface area contributed by atoms with Crippen LogP contribution in [0.3, 0.4) is 0 Å². The summed E-state index contributed by atoms with van der Waals surface area (Å²) < 4.78 is 5.54. The third-order valence-electron chi connectivity index (χ3n) is 5.09. The minimum atomic E-state index is -0.218. The first-order valence-corrected chi connectivity index (χ1v) is 9.67. The van der Waals surface area contributed by atoms with Crippen LogP contribution in [0.2, 0.25) is 0 Å². The quantitative estimate of drug-likeness (QED) is 0.658. The number of benzene rings is 1. The first-order chi connectivity index (χ1) is 12.7. The predicted octanol–water partition coefficient (Wildman–Crippen LogP) is 1.78. The van der Waals surface area contributed by atoms with Crippen molar-refractivity contribution in [1.82, 2.24) is 15.1 Å². The first kappa shape index (κ1) is 18.7. The third kappa shape index (κ3) is 4.55. The van der Waals surface area contributed by atoms with Crippen LogP contribution < -0.4 is 5.32 Å². The summed E-state index contributed by atoms with van der Waals surface area (Å²) in [7, 11) is 0. The van der Waals surface area contributed by atoms with Gasteiger partial charge in [0.25, 0.3) is 5.91 Å². The molecule has 0 radical (unpaired) electrons. The molecule has 1 aromatic rings. The van der Waals surface area contributed by atoms with Crippen molar-refractivity contribution in [2.75, 3.05) is 39.3 Å². The van der Waals surface area contributed by atoms with Gasteiger partial charge in [-0.2, -0.15) is 0 Å². The van der Waals surface area contributed by atoms with Crippen LogP contribution >= 0.6 is 0 Å². The van der Waals surface area contributed by atoms with Crippen molar-refractivity contribution in [2.45, 2.75) is 39.3 Å². The van der Waals surface area contributed by atoms with Crippen LogP contribution in [0.25, 0.3) is 0 Å². The van der Waals surface area contributed by atoms with E-state index in [-0.39, 0.29) is 12.0 Å². The number of carbonyl (C=O) groups excluding carboxylic acids is 1. The van der Waals surface area contributed by atoms with E-state index in [1.54, 1.807) is 0 Å². The lowest BCUT2D eigenvalue weighted by Gasteiger charge is -2.37. The topological polar surface area (TPSA) is 57.2 Å². The van der Waals surface area contributed by atoms with Gasteiger partial charge in [-0.3, -0.25) is 4.79 Å². The fraction of sp³-hybridized carbons (Fsp3) is 0.600. The molecule has 6 heteroatoms. The Morgan fingerprint density at radius 3 is 2.62 bits per heavy atom. The number of amides is 1. The Labute approximate surface area is 156 Å². The second-order valence-electron chi connectivity index (χ2n) is 6.91. The molecule has 1 aromatic carbocycles. The summed E-state index contributed by atoms with van der Waals surface area (Å²) in [5, 5.41) is 3.39.